The number of benzene rings is 5. The largest absolute Gasteiger partial charge is 0.0616 e. The van der Waals surface area contributed by atoms with E-state index in [4.69, 9.17) is 0 Å². The maximum atomic E-state index is 3.39. The Bertz CT molecular complexity index is 1480. The van der Waals surface area contributed by atoms with E-state index in [2.05, 4.69) is 135 Å². The van der Waals surface area contributed by atoms with Gasteiger partial charge in [-0.2, -0.15) is 0 Å². The molecule has 0 aliphatic rings. The molecule has 0 saturated carbocycles. The highest BCUT2D eigenvalue weighted by Gasteiger charge is 2.05. The molecule has 0 heterocycles. The fourth-order valence-electron chi connectivity index (χ4n) is 3.99. The first-order valence-corrected chi connectivity index (χ1v) is 10.8. The van der Waals surface area contributed by atoms with E-state index in [0.717, 1.165) is 33.0 Å². The van der Waals surface area contributed by atoms with Crippen LogP contribution in [0.15, 0.2) is 97.1 Å². The molecule has 5 aromatic rings. The van der Waals surface area contributed by atoms with E-state index in [-0.39, 0.29) is 0 Å². The van der Waals surface area contributed by atoms with Crippen molar-refractivity contribution < 1.29 is 0 Å². The number of fused-ring (bicyclic) bond motifs is 2. The lowest BCUT2D eigenvalue weighted by molar-refractivity contribution is 1.45. The third-order valence-electron chi connectivity index (χ3n) is 5.60. The number of hydrogen-bond donors (Lipinski definition) is 0. The van der Waals surface area contributed by atoms with Crippen molar-refractivity contribution in [3.63, 3.8) is 0 Å². The Morgan fingerprint density at radius 1 is 0.438 bits per heavy atom. The normalized spacial score (nSPS) is 10.3. The van der Waals surface area contributed by atoms with E-state index >= 15 is 0 Å². The van der Waals surface area contributed by atoms with Gasteiger partial charge in [-0.15, -0.1) is 0 Å². The Labute approximate surface area is 189 Å². The summed E-state index contributed by atoms with van der Waals surface area (Å²) in [7, 11) is 0. The number of aryl methyl sites for hydroxylation is 2. The van der Waals surface area contributed by atoms with Gasteiger partial charge >= 0.3 is 0 Å². The first-order valence-electron chi connectivity index (χ1n) is 10.8. The maximum absolute atomic E-state index is 3.39. The minimum atomic E-state index is 1.03. The van der Waals surface area contributed by atoms with Crippen LogP contribution in [0.3, 0.4) is 0 Å². The quantitative estimate of drug-likeness (QED) is 0.185. The van der Waals surface area contributed by atoms with Gasteiger partial charge in [-0.3, -0.25) is 0 Å². The third-order valence-corrected chi connectivity index (χ3v) is 5.60. The van der Waals surface area contributed by atoms with E-state index in [0.29, 0.717) is 0 Å². The standard InChI is InChI=1S/C32H22/c1-23-7-3-9-25(19-23)15-17-27-11-5-13-29-21-30-14-6-12-28(32(30)22-31(27)29)18-16-26-10-4-8-24(2)20-26/h3-14,19-22H,1-2H3. The average Bonchev–Trinajstić information content (AvgIpc) is 2.80. The van der Waals surface area contributed by atoms with Crippen molar-refractivity contribution in [3.8, 4) is 23.7 Å². The molecule has 150 valence electrons. The Balaban J connectivity index is 1.64. The second-order valence-corrected chi connectivity index (χ2v) is 8.14. The molecule has 0 unspecified atom stereocenters. The van der Waals surface area contributed by atoms with Gasteiger partial charge in [-0.25, -0.2) is 0 Å². The lowest BCUT2D eigenvalue weighted by atomic mass is 9.97. The average molecular weight is 407 g/mol. The predicted molar refractivity (Wildman–Crippen MR) is 136 cm³/mol. The van der Waals surface area contributed by atoms with Crippen molar-refractivity contribution in [2.24, 2.45) is 0 Å². The van der Waals surface area contributed by atoms with Gasteiger partial charge in [0.1, 0.15) is 0 Å². The molecule has 32 heavy (non-hydrogen) atoms. The molecular formula is C32H22. The summed E-state index contributed by atoms with van der Waals surface area (Å²) in [6.07, 6.45) is 0. The zero-order valence-electron chi connectivity index (χ0n) is 18.2. The first kappa shape index (κ1) is 19.7. The van der Waals surface area contributed by atoms with Gasteiger partial charge in [0.15, 0.2) is 0 Å². The second-order valence-electron chi connectivity index (χ2n) is 8.14. The zero-order valence-corrected chi connectivity index (χ0v) is 18.2. The molecule has 0 radical (unpaired) electrons. The predicted octanol–water partition coefficient (Wildman–Crippen LogP) is 7.41. The summed E-state index contributed by atoms with van der Waals surface area (Å²) in [5.41, 5.74) is 6.58. The molecule has 0 saturated heterocycles. The SMILES string of the molecule is Cc1cccc(C#Cc2cccc3cc4cccc(C#Cc5cccc(C)c5)c4cc23)c1. The van der Waals surface area contributed by atoms with Gasteiger partial charge < -0.3 is 0 Å². The van der Waals surface area contributed by atoms with Crippen LogP contribution in [0.1, 0.15) is 33.4 Å². The Hall–Kier alpha value is -4.26. The van der Waals surface area contributed by atoms with Crippen LogP contribution in [0.5, 0.6) is 0 Å². The lowest BCUT2D eigenvalue weighted by Gasteiger charge is -2.06. The number of rotatable bonds is 0. The Morgan fingerprint density at radius 2 is 0.906 bits per heavy atom. The summed E-state index contributed by atoms with van der Waals surface area (Å²) in [5.74, 6) is 13.4. The summed E-state index contributed by atoms with van der Waals surface area (Å²) in [6, 6.07) is 33.8. The highest BCUT2D eigenvalue weighted by atomic mass is 14.1. The summed E-state index contributed by atoms with van der Waals surface area (Å²) >= 11 is 0. The molecule has 5 aromatic carbocycles. The van der Waals surface area contributed by atoms with Gasteiger partial charge in [0.2, 0.25) is 0 Å². The van der Waals surface area contributed by atoms with Crippen molar-refractivity contribution >= 4 is 21.5 Å². The summed E-state index contributed by atoms with van der Waals surface area (Å²) in [4.78, 5) is 0. The van der Waals surface area contributed by atoms with Gasteiger partial charge in [0.25, 0.3) is 0 Å². The van der Waals surface area contributed by atoms with Crippen molar-refractivity contribution in [1.29, 1.82) is 0 Å². The molecule has 0 aliphatic heterocycles. The summed E-state index contributed by atoms with van der Waals surface area (Å²) in [6.45, 7) is 4.18. The monoisotopic (exact) mass is 406 g/mol. The molecule has 0 bridgehead atoms. The van der Waals surface area contributed by atoms with Crippen molar-refractivity contribution in [3.05, 3.63) is 130 Å². The van der Waals surface area contributed by atoms with Crippen molar-refractivity contribution in [1.82, 2.24) is 0 Å². The summed E-state index contributed by atoms with van der Waals surface area (Å²) in [5, 5.41) is 4.70. The van der Waals surface area contributed by atoms with Crippen LogP contribution in [0.25, 0.3) is 21.5 Å². The van der Waals surface area contributed by atoms with Crippen LogP contribution in [0, 0.1) is 37.5 Å². The molecule has 5 rings (SSSR count). The van der Waals surface area contributed by atoms with E-state index in [1.54, 1.807) is 0 Å². The molecule has 0 amide bonds. The molecule has 0 atom stereocenters. The van der Waals surface area contributed by atoms with Crippen molar-refractivity contribution in [2.75, 3.05) is 0 Å². The molecule has 0 aliphatic carbocycles. The van der Waals surface area contributed by atoms with Gasteiger partial charge in [-0.1, -0.05) is 72.2 Å². The fraction of sp³-hybridized carbons (Fsp3) is 0.0625. The first-order chi connectivity index (χ1) is 15.7. The van der Waals surface area contributed by atoms with Crippen LogP contribution in [0.4, 0.5) is 0 Å². The molecule has 0 spiro atoms. The third kappa shape index (κ3) is 4.13. The Kier molecular flexibility index (Phi) is 5.21. The topological polar surface area (TPSA) is 0 Å². The van der Waals surface area contributed by atoms with Crippen LogP contribution in [-0.4, -0.2) is 0 Å². The van der Waals surface area contributed by atoms with E-state index in [1.807, 2.05) is 0 Å². The van der Waals surface area contributed by atoms with Crippen LogP contribution in [-0.2, 0) is 0 Å². The molecule has 0 nitrogen and oxygen atoms in total. The van der Waals surface area contributed by atoms with Gasteiger partial charge in [0.05, 0.1) is 0 Å². The minimum Gasteiger partial charge on any atom is -0.0616 e. The maximum Gasteiger partial charge on any atom is 0.0327 e. The highest BCUT2D eigenvalue weighted by Crippen LogP contribution is 2.27. The molecule has 0 heteroatoms. The van der Waals surface area contributed by atoms with Crippen LogP contribution < -0.4 is 0 Å². The summed E-state index contributed by atoms with van der Waals surface area (Å²) < 4.78 is 0. The highest BCUT2D eigenvalue weighted by molar-refractivity contribution is 6.02. The molecule has 0 fully saturated rings. The smallest absolute Gasteiger partial charge is 0.0327 e. The van der Waals surface area contributed by atoms with E-state index in [1.165, 1.54) is 21.9 Å². The fourth-order valence-corrected chi connectivity index (χ4v) is 3.99. The zero-order chi connectivity index (χ0) is 21.9. The lowest BCUT2D eigenvalue weighted by Crippen LogP contribution is -1.85. The number of hydrogen-bond acceptors (Lipinski definition) is 0. The minimum absolute atomic E-state index is 1.03. The van der Waals surface area contributed by atoms with Gasteiger partial charge in [0, 0.05) is 22.3 Å². The van der Waals surface area contributed by atoms with Crippen molar-refractivity contribution in [2.45, 2.75) is 13.8 Å². The van der Waals surface area contributed by atoms with Gasteiger partial charge in [-0.05, 0) is 95.1 Å². The second kappa shape index (κ2) is 8.47. The van der Waals surface area contributed by atoms with E-state index in [9.17, 15) is 0 Å². The van der Waals surface area contributed by atoms with Crippen LogP contribution in [0.2, 0.25) is 0 Å². The molecular weight excluding hydrogens is 384 g/mol. The molecule has 0 N–H and O–H groups in total. The van der Waals surface area contributed by atoms with Crippen LogP contribution >= 0.6 is 0 Å². The van der Waals surface area contributed by atoms with E-state index < -0.39 is 0 Å². The molecule has 0 aromatic heterocycles. The Morgan fingerprint density at radius 3 is 1.38 bits per heavy atom.